The minimum Gasteiger partial charge on any atom is -0.366 e. The summed E-state index contributed by atoms with van der Waals surface area (Å²) in [5.74, 6) is -0.850. The molecule has 0 saturated heterocycles. The lowest BCUT2D eigenvalue weighted by atomic mass is 10.1. The van der Waals surface area contributed by atoms with Crippen molar-refractivity contribution < 1.29 is 14.4 Å². The normalized spacial score (nSPS) is 10.3. The van der Waals surface area contributed by atoms with E-state index < -0.39 is 5.91 Å². The average Bonchev–Trinajstić information content (AvgIpc) is 2.97. The molecule has 0 bridgehead atoms. The second-order valence-electron chi connectivity index (χ2n) is 4.87. The van der Waals surface area contributed by atoms with E-state index in [1.165, 1.54) is 11.3 Å². The Morgan fingerprint density at radius 2 is 1.91 bits per heavy atom. The number of primary amides is 1. The molecule has 0 unspecified atom stereocenters. The highest BCUT2D eigenvalue weighted by Gasteiger charge is 2.11. The fourth-order valence-electron chi connectivity index (χ4n) is 1.94. The summed E-state index contributed by atoms with van der Waals surface area (Å²) in [5, 5.41) is 2.71. The molecular weight excluding hydrogens is 336 g/mol. The van der Waals surface area contributed by atoms with Crippen LogP contribution < -0.4 is 11.1 Å². The van der Waals surface area contributed by atoms with Crippen LogP contribution in [0.1, 0.15) is 38.4 Å². The summed E-state index contributed by atoms with van der Waals surface area (Å²) in [6.45, 7) is 0.277. The van der Waals surface area contributed by atoms with E-state index in [9.17, 15) is 14.4 Å². The molecule has 7 heteroatoms. The number of hydrogen-bond acceptors (Lipinski definition) is 4. The molecule has 0 aliphatic carbocycles. The van der Waals surface area contributed by atoms with E-state index in [1.54, 1.807) is 36.4 Å². The highest BCUT2D eigenvalue weighted by Crippen LogP contribution is 2.22. The molecule has 1 aromatic heterocycles. The van der Waals surface area contributed by atoms with E-state index in [2.05, 4.69) is 5.32 Å². The first-order chi connectivity index (χ1) is 11.0. The molecule has 3 N–H and O–H groups in total. The van der Waals surface area contributed by atoms with Crippen LogP contribution in [0.15, 0.2) is 36.4 Å². The summed E-state index contributed by atoms with van der Waals surface area (Å²) >= 11 is 6.98. The number of rotatable bonds is 7. The Kier molecular flexibility index (Phi) is 5.90. The van der Waals surface area contributed by atoms with Gasteiger partial charge in [0.1, 0.15) is 0 Å². The number of carbonyl (C=O) groups is 3. The Hall–Kier alpha value is -2.18. The molecule has 2 rings (SSSR count). The van der Waals surface area contributed by atoms with Crippen molar-refractivity contribution in [3.8, 4) is 0 Å². The summed E-state index contributed by atoms with van der Waals surface area (Å²) in [7, 11) is 0. The van der Waals surface area contributed by atoms with Gasteiger partial charge in [0.2, 0.25) is 11.8 Å². The zero-order valence-electron chi connectivity index (χ0n) is 12.2. The lowest BCUT2D eigenvalue weighted by molar-refractivity contribution is -0.121. The first kappa shape index (κ1) is 17.2. The third-order valence-electron chi connectivity index (χ3n) is 3.13. The molecule has 1 aromatic carbocycles. The average molecular weight is 351 g/mol. The zero-order valence-corrected chi connectivity index (χ0v) is 13.7. The standard InChI is InChI=1S/C16H15ClN2O3S/c17-14-6-5-13(23-14)12(20)4-7-15(21)19-9-10-2-1-3-11(8-10)16(18)22/h1-3,5-6,8H,4,7,9H2,(H2,18,22)(H,19,21). The smallest absolute Gasteiger partial charge is 0.248 e. The quantitative estimate of drug-likeness (QED) is 0.752. The fraction of sp³-hybridized carbons (Fsp3) is 0.188. The minimum atomic E-state index is -0.515. The fourth-order valence-corrected chi connectivity index (χ4v) is 2.95. The van der Waals surface area contributed by atoms with Crippen LogP contribution in [-0.2, 0) is 11.3 Å². The van der Waals surface area contributed by atoms with Crippen molar-refractivity contribution in [1.29, 1.82) is 0 Å². The maximum Gasteiger partial charge on any atom is 0.248 e. The summed E-state index contributed by atoms with van der Waals surface area (Å²) in [5.41, 5.74) is 6.36. The molecule has 0 saturated carbocycles. The van der Waals surface area contributed by atoms with E-state index in [-0.39, 0.29) is 31.1 Å². The number of halogens is 1. The van der Waals surface area contributed by atoms with Crippen molar-refractivity contribution in [3.63, 3.8) is 0 Å². The van der Waals surface area contributed by atoms with Crippen LogP contribution in [0, 0.1) is 0 Å². The van der Waals surface area contributed by atoms with Crippen molar-refractivity contribution in [2.24, 2.45) is 5.73 Å². The molecule has 0 aliphatic heterocycles. The lowest BCUT2D eigenvalue weighted by Gasteiger charge is -2.06. The van der Waals surface area contributed by atoms with E-state index in [1.807, 2.05) is 0 Å². The van der Waals surface area contributed by atoms with Crippen LogP contribution in [0.2, 0.25) is 4.34 Å². The topological polar surface area (TPSA) is 89.3 Å². The second-order valence-corrected chi connectivity index (χ2v) is 6.58. The van der Waals surface area contributed by atoms with E-state index in [0.717, 1.165) is 5.56 Å². The summed E-state index contributed by atoms with van der Waals surface area (Å²) < 4.78 is 0.548. The number of amides is 2. The SMILES string of the molecule is NC(=O)c1cccc(CNC(=O)CCC(=O)c2ccc(Cl)s2)c1. The van der Waals surface area contributed by atoms with Crippen LogP contribution >= 0.6 is 22.9 Å². The predicted octanol–water partition coefficient (Wildman–Crippen LogP) is 2.78. The summed E-state index contributed by atoms with van der Waals surface area (Å²) in [4.78, 5) is 35.3. The van der Waals surface area contributed by atoms with Gasteiger partial charge in [0.25, 0.3) is 0 Å². The Balaban J connectivity index is 1.80. The minimum absolute atomic E-state index is 0.101. The number of ketones is 1. The first-order valence-electron chi connectivity index (χ1n) is 6.89. The van der Waals surface area contributed by atoms with Crippen LogP contribution in [0.4, 0.5) is 0 Å². The molecule has 0 spiro atoms. The van der Waals surface area contributed by atoms with Crippen molar-refractivity contribution in [2.45, 2.75) is 19.4 Å². The Labute approximate surface area is 142 Å². The third-order valence-corrected chi connectivity index (χ3v) is 4.40. The highest BCUT2D eigenvalue weighted by atomic mass is 35.5. The summed E-state index contributed by atoms with van der Waals surface area (Å²) in [6.07, 6.45) is 0.230. The molecule has 2 aromatic rings. The van der Waals surface area contributed by atoms with Gasteiger partial charge in [-0.1, -0.05) is 23.7 Å². The zero-order chi connectivity index (χ0) is 16.8. The van der Waals surface area contributed by atoms with Crippen LogP contribution in [-0.4, -0.2) is 17.6 Å². The lowest BCUT2D eigenvalue weighted by Crippen LogP contribution is -2.23. The van der Waals surface area contributed by atoms with Crippen molar-refractivity contribution in [1.82, 2.24) is 5.32 Å². The van der Waals surface area contributed by atoms with Crippen molar-refractivity contribution in [2.75, 3.05) is 0 Å². The number of benzene rings is 1. The van der Waals surface area contributed by atoms with Crippen molar-refractivity contribution in [3.05, 3.63) is 56.7 Å². The van der Waals surface area contributed by atoms with Gasteiger partial charge in [-0.05, 0) is 29.8 Å². The molecule has 0 fully saturated rings. The van der Waals surface area contributed by atoms with Gasteiger partial charge in [-0.3, -0.25) is 14.4 Å². The largest absolute Gasteiger partial charge is 0.366 e. The van der Waals surface area contributed by atoms with E-state index in [4.69, 9.17) is 17.3 Å². The predicted molar refractivity (Wildman–Crippen MR) is 89.7 cm³/mol. The van der Waals surface area contributed by atoms with Crippen molar-refractivity contribution >= 4 is 40.5 Å². The molecule has 0 aliphatic rings. The number of thiophene rings is 1. The van der Waals surface area contributed by atoms with Gasteiger partial charge in [0.05, 0.1) is 9.21 Å². The molecule has 0 atom stereocenters. The van der Waals surface area contributed by atoms with Gasteiger partial charge in [-0.25, -0.2) is 0 Å². The highest BCUT2D eigenvalue weighted by molar-refractivity contribution is 7.18. The van der Waals surface area contributed by atoms with Gasteiger partial charge >= 0.3 is 0 Å². The number of nitrogens with one attached hydrogen (secondary N) is 1. The molecule has 0 radical (unpaired) electrons. The van der Waals surface area contributed by atoms with Gasteiger partial charge in [0, 0.05) is 24.9 Å². The van der Waals surface area contributed by atoms with Crippen LogP contribution in [0.25, 0.3) is 0 Å². The van der Waals surface area contributed by atoms with Gasteiger partial charge in [0.15, 0.2) is 5.78 Å². The Bertz CT molecular complexity index is 742. The van der Waals surface area contributed by atoms with Gasteiger partial charge in [-0.2, -0.15) is 0 Å². The van der Waals surface area contributed by atoms with Gasteiger partial charge < -0.3 is 11.1 Å². The first-order valence-corrected chi connectivity index (χ1v) is 8.09. The molecule has 5 nitrogen and oxygen atoms in total. The Morgan fingerprint density at radius 3 is 2.57 bits per heavy atom. The second kappa shape index (κ2) is 7.89. The van der Waals surface area contributed by atoms with E-state index in [0.29, 0.717) is 14.8 Å². The number of Topliss-reactive ketones (excluding diaryl/α,β-unsaturated/α-hetero) is 1. The third kappa shape index (κ3) is 5.19. The summed E-state index contributed by atoms with van der Waals surface area (Å²) in [6, 6.07) is 10.0. The maximum atomic E-state index is 11.9. The number of hydrogen-bond donors (Lipinski definition) is 2. The van der Waals surface area contributed by atoms with E-state index >= 15 is 0 Å². The number of nitrogens with two attached hydrogens (primary N) is 1. The molecule has 1 heterocycles. The maximum absolute atomic E-state index is 11.9. The van der Waals surface area contributed by atoms with Crippen LogP contribution in [0.3, 0.4) is 0 Å². The van der Waals surface area contributed by atoms with Crippen LogP contribution in [0.5, 0.6) is 0 Å². The monoisotopic (exact) mass is 350 g/mol. The Morgan fingerprint density at radius 1 is 1.13 bits per heavy atom. The molecule has 2 amide bonds. The molecule has 120 valence electrons. The molecular formula is C16H15ClN2O3S. The van der Waals surface area contributed by atoms with Gasteiger partial charge in [-0.15, -0.1) is 11.3 Å². The number of carbonyl (C=O) groups excluding carboxylic acids is 3. The molecule has 23 heavy (non-hydrogen) atoms.